The van der Waals surface area contributed by atoms with Gasteiger partial charge in [-0.25, -0.2) is 4.79 Å². The number of hydrogen-bond donors (Lipinski definition) is 3. The van der Waals surface area contributed by atoms with Crippen molar-refractivity contribution in [3.05, 3.63) is 23.0 Å². The maximum absolute atomic E-state index is 11.6. The van der Waals surface area contributed by atoms with Gasteiger partial charge in [-0.15, -0.1) is 0 Å². The van der Waals surface area contributed by atoms with Gasteiger partial charge in [0.2, 0.25) is 0 Å². The van der Waals surface area contributed by atoms with Crippen molar-refractivity contribution >= 4 is 23.5 Å². The third-order valence-electron chi connectivity index (χ3n) is 2.11. The molecule has 16 heavy (non-hydrogen) atoms. The summed E-state index contributed by atoms with van der Waals surface area (Å²) >= 11 is 5.64. The Morgan fingerprint density at radius 3 is 2.50 bits per heavy atom. The van der Waals surface area contributed by atoms with Crippen molar-refractivity contribution in [1.29, 1.82) is 0 Å². The Hall–Kier alpha value is -1.49. The number of amides is 1. The molecule has 0 aliphatic rings. The van der Waals surface area contributed by atoms with Gasteiger partial charge in [0.25, 0.3) is 5.91 Å². The van der Waals surface area contributed by atoms with Crippen LogP contribution in [0.2, 0.25) is 5.02 Å². The fraction of sp³-hybridized carbons (Fsp3) is 0.400. The van der Waals surface area contributed by atoms with E-state index in [2.05, 4.69) is 10.3 Å². The van der Waals surface area contributed by atoms with Gasteiger partial charge in [0.1, 0.15) is 11.7 Å². The Bertz CT molecular complexity index is 401. The van der Waals surface area contributed by atoms with Crippen LogP contribution < -0.4 is 5.32 Å². The molecule has 1 rings (SSSR count). The number of carbonyl (C=O) groups is 2. The molecule has 0 fully saturated rings. The van der Waals surface area contributed by atoms with Crippen LogP contribution in [-0.2, 0) is 4.79 Å². The zero-order valence-corrected chi connectivity index (χ0v) is 9.71. The molecule has 5 nitrogen and oxygen atoms in total. The van der Waals surface area contributed by atoms with Gasteiger partial charge in [-0.1, -0.05) is 25.4 Å². The molecule has 0 unspecified atom stereocenters. The minimum Gasteiger partial charge on any atom is -0.480 e. The second-order valence-corrected chi connectivity index (χ2v) is 4.20. The van der Waals surface area contributed by atoms with Crippen LogP contribution in [0.15, 0.2) is 12.3 Å². The summed E-state index contributed by atoms with van der Waals surface area (Å²) in [5, 5.41) is 11.7. The van der Waals surface area contributed by atoms with E-state index < -0.39 is 17.9 Å². The van der Waals surface area contributed by atoms with Crippen molar-refractivity contribution < 1.29 is 14.7 Å². The van der Waals surface area contributed by atoms with E-state index in [9.17, 15) is 9.59 Å². The first kappa shape index (κ1) is 12.6. The lowest BCUT2D eigenvalue weighted by molar-refractivity contribution is -0.140. The topological polar surface area (TPSA) is 82.2 Å². The van der Waals surface area contributed by atoms with Crippen LogP contribution in [0.25, 0.3) is 0 Å². The lowest BCUT2D eigenvalue weighted by Gasteiger charge is -2.17. The van der Waals surface area contributed by atoms with Crippen molar-refractivity contribution in [3.8, 4) is 0 Å². The summed E-state index contributed by atoms with van der Waals surface area (Å²) in [5.74, 6) is -1.72. The van der Waals surface area contributed by atoms with Crippen LogP contribution >= 0.6 is 11.6 Å². The third-order valence-corrected chi connectivity index (χ3v) is 2.33. The van der Waals surface area contributed by atoms with Crippen LogP contribution in [-0.4, -0.2) is 28.0 Å². The highest BCUT2D eigenvalue weighted by Gasteiger charge is 2.24. The van der Waals surface area contributed by atoms with Crippen molar-refractivity contribution in [2.75, 3.05) is 0 Å². The van der Waals surface area contributed by atoms with E-state index in [4.69, 9.17) is 16.7 Å². The maximum atomic E-state index is 11.6. The van der Waals surface area contributed by atoms with Gasteiger partial charge < -0.3 is 15.4 Å². The molecule has 0 saturated heterocycles. The van der Waals surface area contributed by atoms with E-state index >= 15 is 0 Å². The van der Waals surface area contributed by atoms with E-state index in [1.165, 1.54) is 12.3 Å². The van der Waals surface area contributed by atoms with Gasteiger partial charge in [0.15, 0.2) is 0 Å². The average Bonchev–Trinajstić information content (AvgIpc) is 2.59. The highest BCUT2D eigenvalue weighted by atomic mass is 35.5. The summed E-state index contributed by atoms with van der Waals surface area (Å²) in [4.78, 5) is 25.1. The summed E-state index contributed by atoms with van der Waals surface area (Å²) in [6.45, 7) is 3.45. The largest absolute Gasteiger partial charge is 0.480 e. The minimum atomic E-state index is -1.05. The summed E-state index contributed by atoms with van der Waals surface area (Å²) in [7, 11) is 0. The molecule has 1 amide bonds. The molecular formula is C10H13ClN2O3. The molecule has 0 aliphatic carbocycles. The van der Waals surface area contributed by atoms with Crippen molar-refractivity contribution in [3.63, 3.8) is 0 Å². The minimum absolute atomic E-state index is 0.188. The molecule has 0 radical (unpaired) electrons. The first-order valence-electron chi connectivity index (χ1n) is 4.79. The van der Waals surface area contributed by atoms with E-state index in [-0.39, 0.29) is 11.6 Å². The molecule has 0 bridgehead atoms. The lowest BCUT2D eigenvalue weighted by Crippen LogP contribution is -2.44. The number of aromatic amines is 1. The van der Waals surface area contributed by atoms with Crippen LogP contribution in [0.3, 0.4) is 0 Å². The van der Waals surface area contributed by atoms with Gasteiger partial charge in [0, 0.05) is 6.20 Å². The van der Waals surface area contributed by atoms with E-state index in [0.717, 1.165) is 0 Å². The van der Waals surface area contributed by atoms with Crippen molar-refractivity contribution in [2.45, 2.75) is 19.9 Å². The molecule has 1 heterocycles. The average molecular weight is 245 g/mol. The Morgan fingerprint density at radius 1 is 1.50 bits per heavy atom. The normalized spacial score (nSPS) is 12.5. The van der Waals surface area contributed by atoms with E-state index in [1.54, 1.807) is 13.8 Å². The summed E-state index contributed by atoms with van der Waals surface area (Å²) in [6.07, 6.45) is 1.46. The maximum Gasteiger partial charge on any atom is 0.326 e. The zero-order chi connectivity index (χ0) is 12.3. The van der Waals surface area contributed by atoms with Gasteiger partial charge in [-0.2, -0.15) is 0 Å². The highest BCUT2D eigenvalue weighted by molar-refractivity contribution is 6.30. The number of rotatable bonds is 4. The van der Waals surface area contributed by atoms with Crippen LogP contribution in [0.1, 0.15) is 24.3 Å². The molecule has 0 aliphatic heterocycles. The number of H-pyrrole nitrogens is 1. The fourth-order valence-electron chi connectivity index (χ4n) is 1.23. The number of carbonyl (C=O) groups excluding carboxylic acids is 1. The number of carboxylic acids is 1. The lowest BCUT2D eigenvalue weighted by atomic mass is 10.0. The van der Waals surface area contributed by atoms with Crippen molar-refractivity contribution in [2.24, 2.45) is 5.92 Å². The Labute approximate surface area is 97.8 Å². The zero-order valence-electron chi connectivity index (χ0n) is 8.95. The second kappa shape index (κ2) is 5.03. The van der Waals surface area contributed by atoms with Crippen LogP contribution in [0, 0.1) is 5.92 Å². The van der Waals surface area contributed by atoms with Crippen molar-refractivity contribution in [1.82, 2.24) is 10.3 Å². The van der Waals surface area contributed by atoms with E-state index in [1.807, 2.05) is 0 Å². The van der Waals surface area contributed by atoms with Gasteiger partial charge >= 0.3 is 5.97 Å². The smallest absolute Gasteiger partial charge is 0.326 e. The number of halogens is 1. The molecular weight excluding hydrogens is 232 g/mol. The van der Waals surface area contributed by atoms with Gasteiger partial charge in [-0.3, -0.25) is 4.79 Å². The molecule has 88 valence electrons. The van der Waals surface area contributed by atoms with Gasteiger partial charge in [0.05, 0.1) is 5.02 Å². The number of nitrogens with one attached hydrogen (secondary N) is 2. The predicted molar refractivity (Wildman–Crippen MR) is 59.5 cm³/mol. The summed E-state index contributed by atoms with van der Waals surface area (Å²) in [5.41, 5.74) is 0.247. The highest BCUT2D eigenvalue weighted by Crippen LogP contribution is 2.10. The molecule has 6 heteroatoms. The summed E-state index contributed by atoms with van der Waals surface area (Å²) in [6, 6.07) is 0.533. The molecule has 1 aromatic heterocycles. The number of aromatic nitrogens is 1. The standard InChI is InChI=1S/C10H13ClN2O3/c1-5(2)8(10(15)16)13-9(14)7-3-6(11)4-12-7/h3-5,8,12H,1-2H3,(H,13,14)(H,15,16)/t8-/m0/s1. The monoisotopic (exact) mass is 244 g/mol. The fourth-order valence-corrected chi connectivity index (χ4v) is 1.40. The van der Waals surface area contributed by atoms with E-state index in [0.29, 0.717) is 5.02 Å². The molecule has 0 aromatic carbocycles. The molecule has 0 saturated carbocycles. The molecule has 0 spiro atoms. The first-order chi connectivity index (χ1) is 7.41. The Morgan fingerprint density at radius 2 is 2.12 bits per heavy atom. The summed E-state index contributed by atoms with van der Waals surface area (Å²) < 4.78 is 0. The molecule has 3 N–H and O–H groups in total. The second-order valence-electron chi connectivity index (χ2n) is 3.76. The number of aliphatic carboxylic acids is 1. The Kier molecular flexibility index (Phi) is 3.95. The van der Waals surface area contributed by atoms with Crippen LogP contribution in [0.4, 0.5) is 0 Å². The predicted octanol–water partition coefficient (Wildman–Crippen LogP) is 1.51. The third kappa shape index (κ3) is 3.00. The first-order valence-corrected chi connectivity index (χ1v) is 5.17. The molecule has 1 aromatic rings. The quantitative estimate of drug-likeness (QED) is 0.751. The number of hydrogen-bond acceptors (Lipinski definition) is 2. The molecule has 1 atom stereocenters. The van der Waals surface area contributed by atoms with Gasteiger partial charge in [-0.05, 0) is 12.0 Å². The number of carboxylic acid groups (broad SMARTS) is 1. The SMILES string of the molecule is CC(C)[C@H](NC(=O)c1cc(Cl)c[nH]1)C(=O)O. The van der Waals surface area contributed by atoms with Crippen LogP contribution in [0.5, 0.6) is 0 Å². The Balaban J connectivity index is 2.73.